The van der Waals surface area contributed by atoms with Crippen molar-refractivity contribution in [2.45, 2.75) is 25.2 Å². The fourth-order valence-corrected chi connectivity index (χ4v) is 2.13. The Labute approximate surface area is 89.9 Å². The molecule has 1 aliphatic rings. The van der Waals surface area contributed by atoms with Gasteiger partial charge in [-0.15, -0.1) is 0 Å². The number of aliphatic hydroxyl groups is 1. The minimum atomic E-state index is 0.102. The lowest BCUT2D eigenvalue weighted by atomic mass is 9.96. The second-order valence-corrected chi connectivity index (χ2v) is 4.24. The molecule has 2 rings (SSSR count). The summed E-state index contributed by atoms with van der Waals surface area (Å²) >= 11 is 0. The van der Waals surface area contributed by atoms with Crippen LogP contribution >= 0.6 is 0 Å². The van der Waals surface area contributed by atoms with Crippen molar-refractivity contribution in [1.82, 2.24) is 9.88 Å². The number of oxazole rings is 1. The number of aliphatic hydroxyl groups excluding tert-OH is 1. The molecule has 4 heteroatoms. The van der Waals surface area contributed by atoms with Crippen LogP contribution in [0.3, 0.4) is 0 Å². The molecular weight excluding hydrogens is 192 g/mol. The van der Waals surface area contributed by atoms with Gasteiger partial charge in [-0.3, -0.25) is 0 Å². The third-order valence-corrected chi connectivity index (χ3v) is 2.94. The van der Waals surface area contributed by atoms with E-state index in [0.717, 1.165) is 12.2 Å². The zero-order valence-electron chi connectivity index (χ0n) is 9.15. The average molecular weight is 210 g/mol. The molecule has 1 N–H and O–H groups in total. The molecular formula is C11H18N2O2. The fourth-order valence-electron chi connectivity index (χ4n) is 2.13. The van der Waals surface area contributed by atoms with E-state index in [-0.39, 0.29) is 6.61 Å². The largest absolute Gasteiger partial charge is 0.449 e. The van der Waals surface area contributed by atoms with Gasteiger partial charge in [0.25, 0.3) is 0 Å². The molecule has 0 aromatic carbocycles. The van der Waals surface area contributed by atoms with Gasteiger partial charge in [0, 0.05) is 18.9 Å². The molecule has 4 nitrogen and oxygen atoms in total. The number of piperidine rings is 1. The van der Waals surface area contributed by atoms with E-state index in [1.54, 1.807) is 6.26 Å². The smallest absolute Gasteiger partial charge is 0.196 e. The number of likely N-dealkylation sites (N-methyl/N-ethyl adjacent to an activating group) is 1. The van der Waals surface area contributed by atoms with E-state index in [9.17, 15) is 0 Å². The fraction of sp³-hybridized carbons (Fsp3) is 0.727. The lowest BCUT2D eigenvalue weighted by Gasteiger charge is -2.28. The standard InChI is InChI=1S/C11H18N2O2/c1-13-5-2-3-9(7-13)10-8-15-11(12-10)4-6-14/h8-9,14H,2-7H2,1H3. The first-order valence-electron chi connectivity index (χ1n) is 5.53. The van der Waals surface area contributed by atoms with E-state index in [1.807, 2.05) is 0 Å². The van der Waals surface area contributed by atoms with E-state index in [2.05, 4.69) is 16.9 Å². The van der Waals surface area contributed by atoms with E-state index < -0.39 is 0 Å². The van der Waals surface area contributed by atoms with Crippen LogP contribution in [0.4, 0.5) is 0 Å². The first-order valence-corrected chi connectivity index (χ1v) is 5.53. The Morgan fingerprint density at radius 2 is 2.53 bits per heavy atom. The van der Waals surface area contributed by atoms with Gasteiger partial charge in [0.15, 0.2) is 5.89 Å². The van der Waals surface area contributed by atoms with E-state index in [4.69, 9.17) is 9.52 Å². The van der Waals surface area contributed by atoms with E-state index >= 15 is 0 Å². The van der Waals surface area contributed by atoms with Crippen LogP contribution in [0.2, 0.25) is 0 Å². The summed E-state index contributed by atoms with van der Waals surface area (Å²) in [4.78, 5) is 6.73. The zero-order valence-corrected chi connectivity index (χ0v) is 9.15. The Morgan fingerprint density at radius 3 is 3.27 bits per heavy atom. The van der Waals surface area contributed by atoms with Gasteiger partial charge in [0.2, 0.25) is 0 Å². The molecule has 0 spiro atoms. The monoisotopic (exact) mass is 210 g/mol. The first kappa shape index (κ1) is 10.6. The van der Waals surface area contributed by atoms with Crippen LogP contribution in [0, 0.1) is 0 Å². The predicted octanol–water partition coefficient (Wildman–Crippen LogP) is 1.02. The van der Waals surface area contributed by atoms with Gasteiger partial charge in [-0.1, -0.05) is 0 Å². The maximum absolute atomic E-state index is 8.77. The molecule has 0 amide bonds. The van der Waals surface area contributed by atoms with Crippen molar-refractivity contribution in [2.24, 2.45) is 0 Å². The Hall–Kier alpha value is -0.870. The average Bonchev–Trinajstić information content (AvgIpc) is 2.67. The number of rotatable bonds is 3. The second-order valence-electron chi connectivity index (χ2n) is 4.24. The highest BCUT2D eigenvalue weighted by Crippen LogP contribution is 2.25. The summed E-state index contributed by atoms with van der Waals surface area (Å²) in [7, 11) is 2.14. The molecule has 0 bridgehead atoms. The van der Waals surface area contributed by atoms with Crippen molar-refractivity contribution in [2.75, 3.05) is 26.7 Å². The molecule has 1 aromatic heterocycles. The molecule has 15 heavy (non-hydrogen) atoms. The molecule has 1 saturated heterocycles. The summed E-state index contributed by atoms with van der Waals surface area (Å²) in [6.45, 7) is 2.34. The van der Waals surface area contributed by atoms with Crippen LogP contribution in [0.25, 0.3) is 0 Å². The highest BCUT2D eigenvalue weighted by molar-refractivity contribution is 5.06. The van der Waals surface area contributed by atoms with Crippen molar-refractivity contribution in [3.05, 3.63) is 17.8 Å². The number of hydrogen-bond acceptors (Lipinski definition) is 4. The molecule has 2 heterocycles. The number of aromatic nitrogens is 1. The van der Waals surface area contributed by atoms with Crippen LogP contribution in [0.15, 0.2) is 10.7 Å². The summed E-state index contributed by atoms with van der Waals surface area (Å²) < 4.78 is 5.30. The van der Waals surface area contributed by atoms with Crippen molar-refractivity contribution < 1.29 is 9.52 Å². The van der Waals surface area contributed by atoms with Gasteiger partial charge >= 0.3 is 0 Å². The van der Waals surface area contributed by atoms with E-state index in [1.165, 1.54) is 19.4 Å². The van der Waals surface area contributed by atoms with Gasteiger partial charge in [0.05, 0.1) is 12.3 Å². The lowest BCUT2D eigenvalue weighted by molar-refractivity contribution is 0.248. The van der Waals surface area contributed by atoms with Gasteiger partial charge in [-0.25, -0.2) is 4.98 Å². The summed E-state index contributed by atoms with van der Waals surface area (Å²) in [5, 5.41) is 8.77. The van der Waals surface area contributed by atoms with Crippen molar-refractivity contribution in [3.8, 4) is 0 Å². The minimum Gasteiger partial charge on any atom is -0.449 e. The molecule has 1 unspecified atom stereocenters. The second kappa shape index (κ2) is 4.77. The van der Waals surface area contributed by atoms with Gasteiger partial charge in [-0.05, 0) is 26.4 Å². The Balaban J connectivity index is 2.01. The van der Waals surface area contributed by atoms with Crippen LogP contribution in [0.1, 0.15) is 30.3 Å². The molecule has 1 fully saturated rings. The normalized spacial score (nSPS) is 23.2. The molecule has 0 saturated carbocycles. The molecule has 84 valence electrons. The highest BCUT2D eigenvalue weighted by atomic mass is 16.3. The number of hydrogen-bond donors (Lipinski definition) is 1. The molecule has 0 radical (unpaired) electrons. The predicted molar refractivity (Wildman–Crippen MR) is 56.8 cm³/mol. The van der Waals surface area contributed by atoms with Gasteiger partial charge in [-0.2, -0.15) is 0 Å². The lowest BCUT2D eigenvalue weighted by Crippen LogP contribution is -2.30. The summed E-state index contributed by atoms with van der Waals surface area (Å²) in [6.07, 6.45) is 4.68. The highest BCUT2D eigenvalue weighted by Gasteiger charge is 2.21. The van der Waals surface area contributed by atoms with Crippen LogP contribution < -0.4 is 0 Å². The minimum absolute atomic E-state index is 0.102. The molecule has 1 atom stereocenters. The van der Waals surface area contributed by atoms with E-state index in [0.29, 0.717) is 18.2 Å². The molecule has 1 aliphatic heterocycles. The Kier molecular flexibility index (Phi) is 3.38. The molecule has 0 aliphatic carbocycles. The first-order chi connectivity index (χ1) is 7.29. The van der Waals surface area contributed by atoms with Crippen LogP contribution in [0.5, 0.6) is 0 Å². The SMILES string of the molecule is CN1CCCC(c2coc(CCO)n2)C1. The van der Waals surface area contributed by atoms with Crippen molar-refractivity contribution in [1.29, 1.82) is 0 Å². The maximum atomic E-state index is 8.77. The summed E-state index contributed by atoms with van der Waals surface area (Å²) in [5.74, 6) is 1.15. The molecule has 1 aromatic rings. The van der Waals surface area contributed by atoms with Crippen LogP contribution in [-0.2, 0) is 6.42 Å². The quantitative estimate of drug-likeness (QED) is 0.809. The zero-order chi connectivity index (χ0) is 10.7. The summed E-state index contributed by atoms with van der Waals surface area (Å²) in [5.41, 5.74) is 1.05. The number of likely N-dealkylation sites (tertiary alicyclic amines) is 1. The van der Waals surface area contributed by atoms with Gasteiger partial charge in [0.1, 0.15) is 6.26 Å². The topological polar surface area (TPSA) is 49.5 Å². The van der Waals surface area contributed by atoms with Crippen molar-refractivity contribution in [3.63, 3.8) is 0 Å². The third kappa shape index (κ3) is 2.58. The maximum Gasteiger partial charge on any atom is 0.196 e. The summed E-state index contributed by atoms with van der Waals surface area (Å²) in [6, 6.07) is 0. The number of nitrogens with zero attached hydrogens (tertiary/aromatic N) is 2. The Bertz CT molecular complexity index is 311. The van der Waals surface area contributed by atoms with Gasteiger partial charge < -0.3 is 14.4 Å². The van der Waals surface area contributed by atoms with Crippen LogP contribution in [-0.4, -0.2) is 41.7 Å². The third-order valence-electron chi connectivity index (χ3n) is 2.94. The Morgan fingerprint density at radius 1 is 1.67 bits per heavy atom. The van der Waals surface area contributed by atoms with Crippen molar-refractivity contribution >= 4 is 0 Å².